The molecule has 0 radical (unpaired) electrons. The summed E-state index contributed by atoms with van der Waals surface area (Å²) < 4.78 is 5.89. The number of aromatic nitrogens is 2. The number of allylic oxidation sites excluding steroid dienone is 3. The van der Waals surface area contributed by atoms with Gasteiger partial charge < -0.3 is 14.5 Å². The monoisotopic (exact) mass is 474 g/mol. The summed E-state index contributed by atoms with van der Waals surface area (Å²) in [6.07, 6.45) is 14.4. The van der Waals surface area contributed by atoms with Gasteiger partial charge in [0.05, 0.1) is 6.04 Å². The Kier molecular flexibility index (Phi) is 9.65. The van der Waals surface area contributed by atoms with Crippen LogP contribution in [0.1, 0.15) is 58.6 Å². The molecule has 2 aliphatic heterocycles. The number of hydrogen-bond donors (Lipinski definition) is 0. The van der Waals surface area contributed by atoms with Crippen molar-refractivity contribution >= 4 is 11.5 Å². The lowest BCUT2D eigenvalue weighted by Crippen LogP contribution is -2.44. The van der Waals surface area contributed by atoms with Crippen molar-refractivity contribution in [2.24, 2.45) is 0 Å². The van der Waals surface area contributed by atoms with E-state index in [1.165, 1.54) is 0 Å². The molecule has 2 atom stereocenters. The molecule has 35 heavy (non-hydrogen) atoms. The van der Waals surface area contributed by atoms with Crippen LogP contribution in [0, 0.1) is 0 Å². The second-order valence-corrected chi connectivity index (χ2v) is 8.55. The van der Waals surface area contributed by atoms with E-state index in [1.54, 1.807) is 12.4 Å². The summed E-state index contributed by atoms with van der Waals surface area (Å²) in [6, 6.07) is 10.6. The number of rotatable bonds is 7. The summed E-state index contributed by atoms with van der Waals surface area (Å²) in [5.74, 6) is 0.0384. The van der Waals surface area contributed by atoms with Crippen LogP contribution in [0.3, 0.4) is 0 Å². The van der Waals surface area contributed by atoms with Crippen LogP contribution in [0.25, 0.3) is 5.57 Å². The fourth-order valence-electron chi connectivity index (χ4n) is 4.35. The molecule has 1 aromatic carbocycles. The minimum atomic E-state index is -0.00913. The summed E-state index contributed by atoms with van der Waals surface area (Å²) in [5, 5.41) is 0. The summed E-state index contributed by atoms with van der Waals surface area (Å²) in [4.78, 5) is 26.6. The van der Waals surface area contributed by atoms with Gasteiger partial charge >= 0.3 is 6.01 Å². The molecule has 6 nitrogen and oxygen atoms in total. The molecule has 2 aliphatic rings. The van der Waals surface area contributed by atoms with Crippen LogP contribution in [0.15, 0.2) is 72.9 Å². The van der Waals surface area contributed by atoms with E-state index in [1.807, 2.05) is 62.2 Å². The molecule has 4 rings (SSSR count). The fraction of sp³-hybridized carbons (Fsp3) is 0.414. The summed E-state index contributed by atoms with van der Waals surface area (Å²) >= 11 is 0. The second-order valence-electron chi connectivity index (χ2n) is 8.55. The van der Waals surface area contributed by atoms with Crippen LogP contribution in [0.5, 0.6) is 6.01 Å². The maximum Gasteiger partial charge on any atom is 0.316 e. The first-order valence-corrected chi connectivity index (χ1v) is 12.7. The predicted molar refractivity (Wildman–Crippen MR) is 142 cm³/mol. The Bertz CT molecular complexity index is 1040. The smallest absolute Gasteiger partial charge is 0.316 e. The van der Waals surface area contributed by atoms with Crippen molar-refractivity contribution in [3.63, 3.8) is 0 Å². The zero-order valence-corrected chi connectivity index (χ0v) is 21.6. The summed E-state index contributed by atoms with van der Waals surface area (Å²) in [6.45, 7) is 11.3. The van der Waals surface area contributed by atoms with E-state index in [9.17, 15) is 4.79 Å². The standard InChI is InChI=1S/C27H32N4O2.C2H6/c1-4-22-17-28-27(29-18-22)33-19-24-14-10-16-31(24)26(32)25(30-15-9-8-11-20(30)2)21(3)23-12-6-5-7-13-23;1-2/h5-9,11-13,15,17-18,20,24H,4,10,14,16,19H2,1-3H3;1-2H3/b25-21+;. The van der Waals surface area contributed by atoms with Crippen molar-refractivity contribution in [2.45, 2.75) is 66.0 Å². The number of ether oxygens (including phenoxy) is 1. The third-order valence-corrected chi connectivity index (χ3v) is 6.34. The molecule has 6 heteroatoms. The lowest BCUT2D eigenvalue weighted by molar-refractivity contribution is -0.129. The highest BCUT2D eigenvalue weighted by Crippen LogP contribution is 2.29. The lowest BCUT2D eigenvalue weighted by Gasteiger charge is -2.34. The number of aryl methyl sites for hydroxylation is 1. The van der Waals surface area contributed by atoms with Crippen molar-refractivity contribution in [1.29, 1.82) is 0 Å². The number of carbonyl (C=O) groups excluding carboxylic acids is 1. The Morgan fingerprint density at radius 3 is 2.49 bits per heavy atom. The summed E-state index contributed by atoms with van der Waals surface area (Å²) in [5.41, 5.74) is 3.80. The van der Waals surface area contributed by atoms with Gasteiger partial charge in [0.15, 0.2) is 0 Å². The molecule has 1 fully saturated rings. The van der Waals surface area contributed by atoms with Gasteiger partial charge in [-0.05, 0) is 55.9 Å². The maximum absolute atomic E-state index is 14.0. The molecule has 0 N–H and O–H groups in total. The van der Waals surface area contributed by atoms with E-state index in [2.05, 4.69) is 46.9 Å². The van der Waals surface area contributed by atoms with Crippen molar-refractivity contribution in [3.05, 3.63) is 84.0 Å². The van der Waals surface area contributed by atoms with Gasteiger partial charge in [-0.1, -0.05) is 63.3 Å². The average molecular weight is 475 g/mol. The van der Waals surface area contributed by atoms with E-state index in [-0.39, 0.29) is 18.0 Å². The molecule has 1 aromatic heterocycles. The molecule has 2 aromatic rings. The minimum Gasteiger partial charge on any atom is -0.461 e. The van der Waals surface area contributed by atoms with Gasteiger partial charge in [0.2, 0.25) is 0 Å². The number of hydrogen-bond acceptors (Lipinski definition) is 5. The van der Waals surface area contributed by atoms with Crippen LogP contribution >= 0.6 is 0 Å². The van der Waals surface area contributed by atoms with Crippen LogP contribution in [-0.2, 0) is 11.2 Å². The molecule has 1 amide bonds. The largest absolute Gasteiger partial charge is 0.461 e. The predicted octanol–water partition coefficient (Wildman–Crippen LogP) is 5.64. The molecule has 186 valence electrons. The zero-order chi connectivity index (χ0) is 25.2. The number of likely N-dealkylation sites (tertiary alicyclic amines) is 1. The highest BCUT2D eigenvalue weighted by atomic mass is 16.5. The molecule has 2 unspecified atom stereocenters. The average Bonchev–Trinajstić information content (AvgIpc) is 3.39. The number of nitrogens with zero attached hydrogens (tertiary/aromatic N) is 4. The Hall–Kier alpha value is -3.41. The summed E-state index contributed by atoms with van der Waals surface area (Å²) in [7, 11) is 0. The molecule has 0 spiro atoms. The SMILES string of the molecule is CC.CCc1cnc(OCC2CCCN2C(=O)/C(=C(/C)c2ccccc2)N2C=CC=CC2C)nc1. The number of benzene rings is 1. The third-order valence-electron chi connectivity index (χ3n) is 6.34. The van der Waals surface area contributed by atoms with Crippen LogP contribution in [0.2, 0.25) is 0 Å². The lowest BCUT2D eigenvalue weighted by atomic mass is 10.0. The van der Waals surface area contributed by atoms with Gasteiger partial charge in [-0.15, -0.1) is 0 Å². The molecule has 0 aliphatic carbocycles. The molecular weight excluding hydrogens is 436 g/mol. The van der Waals surface area contributed by atoms with E-state index >= 15 is 0 Å². The Morgan fingerprint density at radius 2 is 1.83 bits per heavy atom. The molecular formula is C29H38N4O2. The van der Waals surface area contributed by atoms with Crippen molar-refractivity contribution in [3.8, 4) is 6.01 Å². The molecule has 0 bridgehead atoms. The van der Waals surface area contributed by atoms with Gasteiger partial charge in [-0.2, -0.15) is 0 Å². The van der Waals surface area contributed by atoms with E-state index < -0.39 is 0 Å². The van der Waals surface area contributed by atoms with E-state index in [0.717, 1.165) is 42.5 Å². The highest BCUT2D eigenvalue weighted by molar-refractivity contribution is 6.01. The van der Waals surface area contributed by atoms with Gasteiger partial charge in [0.1, 0.15) is 12.3 Å². The number of carbonyl (C=O) groups is 1. The molecule has 0 saturated carbocycles. The van der Waals surface area contributed by atoms with Crippen LogP contribution < -0.4 is 4.74 Å². The number of amides is 1. The van der Waals surface area contributed by atoms with Crippen molar-refractivity contribution in [2.75, 3.05) is 13.2 Å². The normalized spacial score (nSPS) is 19.7. The van der Waals surface area contributed by atoms with Crippen LogP contribution in [-0.4, -0.2) is 50.9 Å². The van der Waals surface area contributed by atoms with Gasteiger partial charge in [-0.3, -0.25) is 4.79 Å². The van der Waals surface area contributed by atoms with E-state index in [0.29, 0.717) is 18.3 Å². The minimum absolute atomic E-state index is 0.00913. The Morgan fingerprint density at radius 1 is 1.11 bits per heavy atom. The topological polar surface area (TPSA) is 58.6 Å². The Labute approximate surface area is 210 Å². The highest BCUT2D eigenvalue weighted by Gasteiger charge is 2.35. The van der Waals surface area contributed by atoms with Crippen molar-refractivity contribution in [1.82, 2.24) is 19.8 Å². The Balaban J connectivity index is 0.00000167. The first kappa shape index (κ1) is 26.2. The third kappa shape index (κ3) is 6.38. The van der Waals surface area contributed by atoms with Crippen LogP contribution in [0.4, 0.5) is 0 Å². The van der Waals surface area contributed by atoms with Gasteiger partial charge in [-0.25, -0.2) is 9.97 Å². The first-order chi connectivity index (χ1) is 17.1. The molecule has 3 heterocycles. The quantitative estimate of drug-likeness (QED) is 0.486. The maximum atomic E-state index is 14.0. The van der Waals surface area contributed by atoms with Gasteiger partial charge in [0.25, 0.3) is 5.91 Å². The second kappa shape index (κ2) is 12.9. The molecule has 1 saturated heterocycles. The van der Waals surface area contributed by atoms with E-state index in [4.69, 9.17) is 4.74 Å². The fourth-order valence-corrected chi connectivity index (χ4v) is 4.35. The van der Waals surface area contributed by atoms with Crippen molar-refractivity contribution < 1.29 is 9.53 Å². The van der Waals surface area contributed by atoms with Gasteiger partial charge in [0, 0.05) is 31.2 Å². The first-order valence-electron chi connectivity index (χ1n) is 12.7. The zero-order valence-electron chi connectivity index (χ0n) is 21.6.